The number of hydrogen-bond acceptors (Lipinski definition) is 5. The van der Waals surface area contributed by atoms with Crippen LogP contribution in [0.5, 0.6) is 0 Å². The fourth-order valence-corrected chi connectivity index (χ4v) is 6.50. The van der Waals surface area contributed by atoms with Crippen molar-refractivity contribution in [1.29, 1.82) is 0 Å². The van der Waals surface area contributed by atoms with Gasteiger partial charge in [-0.2, -0.15) is 0 Å². The standard InChI is InChI=1S/C13H28O6P2/c1-10(2)11-6-7-12(9-20(14,15)17-3)13(8-11)21(16,18-4)19-5/h10-13H,6-9H2,1-5H3,(H,14,15). The maximum atomic E-state index is 12.8. The zero-order valence-corrected chi connectivity index (χ0v) is 15.3. The lowest BCUT2D eigenvalue weighted by molar-refractivity contribution is 0.190. The maximum absolute atomic E-state index is 12.8. The molecule has 1 aliphatic carbocycles. The van der Waals surface area contributed by atoms with Crippen molar-refractivity contribution in [2.75, 3.05) is 27.5 Å². The Morgan fingerprint density at radius 2 is 1.67 bits per heavy atom. The van der Waals surface area contributed by atoms with Crippen molar-refractivity contribution in [2.24, 2.45) is 17.8 Å². The first kappa shape index (κ1) is 19.3. The summed E-state index contributed by atoms with van der Waals surface area (Å²) in [6.07, 6.45) is 2.37. The summed E-state index contributed by atoms with van der Waals surface area (Å²) >= 11 is 0. The molecule has 1 saturated carbocycles. The van der Waals surface area contributed by atoms with Gasteiger partial charge in [-0.05, 0) is 37.0 Å². The molecule has 0 bridgehead atoms. The number of rotatable bonds is 7. The van der Waals surface area contributed by atoms with Crippen LogP contribution in [-0.2, 0) is 22.7 Å². The molecule has 8 heteroatoms. The van der Waals surface area contributed by atoms with Crippen LogP contribution in [0.3, 0.4) is 0 Å². The molecule has 0 aliphatic heterocycles. The number of hydrogen-bond donors (Lipinski definition) is 1. The first-order valence-electron chi connectivity index (χ1n) is 7.27. The molecule has 0 aromatic heterocycles. The van der Waals surface area contributed by atoms with Crippen LogP contribution in [0.2, 0.25) is 0 Å². The summed E-state index contributed by atoms with van der Waals surface area (Å²) in [7, 11) is -2.96. The lowest BCUT2D eigenvalue weighted by Crippen LogP contribution is -2.34. The summed E-state index contributed by atoms with van der Waals surface area (Å²) in [6.45, 7) is 4.28. The zero-order chi connectivity index (χ0) is 16.3. The second kappa shape index (κ2) is 7.72. The molecular weight excluding hydrogens is 314 g/mol. The van der Waals surface area contributed by atoms with Crippen molar-refractivity contribution in [1.82, 2.24) is 0 Å². The molecule has 0 saturated heterocycles. The van der Waals surface area contributed by atoms with E-state index < -0.39 is 15.2 Å². The van der Waals surface area contributed by atoms with Crippen molar-refractivity contribution < 1.29 is 27.6 Å². The second-order valence-electron chi connectivity index (χ2n) is 6.05. The molecule has 0 aromatic carbocycles. The predicted molar refractivity (Wildman–Crippen MR) is 82.8 cm³/mol. The van der Waals surface area contributed by atoms with E-state index in [0.717, 1.165) is 12.8 Å². The topological polar surface area (TPSA) is 82.1 Å². The van der Waals surface area contributed by atoms with E-state index in [1.54, 1.807) is 0 Å². The zero-order valence-electron chi connectivity index (χ0n) is 13.5. The van der Waals surface area contributed by atoms with Gasteiger partial charge in [-0.15, -0.1) is 0 Å². The minimum absolute atomic E-state index is 0.00427. The van der Waals surface area contributed by atoms with Crippen LogP contribution in [0.1, 0.15) is 33.1 Å². The summed E-state index contributed by atoms with van der Waals surface area (Å²) in [4.78, 5) is 9.74. The second-order valence-corrected chi connectivity index (χ2v) is 10.5. The Morgan fingerprint density at radius 3 is 2.10 bits per heavy atom. The smallest absolute Gasteiger partial charge is 0.324 e. The summed E-state index contributed by atoms with van der Waals surface area (Å²) in [6, 6.07) is 0. The SMILES string of the molecule is COP(=O)(O)CC1CCC(C(C)C)CC1P(=O)(OC)OC. The van der Waals surface area contributed by atoms with Gasteiger partial charge in [0.2, 0.25) is 0 Å². The summed E-state index contributed by atoms with van der Waals surface area (Å²) in [5.74, 6) is 0.700. The van der Waals surface area contributed by atoms with Crippen LogP contribution in [0.25, 0.3) is 0 Å². The Bertz CT molecular complexity index is 417. The first-order chi connectivity index (χ1) is 9.69. The van der Waals surface area contributed by atoms with Gasteiger partial charge in [-0.1, -0.05) is 13.8 Å². The molecule has 4 atom stereocenters. The minimum Gasteiger partial charge on any atom is -0.324 e. The molecule has 0 amide bonds. The van der Waals surface area contributed by atoms with E-state index in [-0.39, 0.29) is 17.7 Å². The van der Waals surface area contributed by atoms with E-state index in [9.17, 15) is 14.0 Å². The molecule has 1 fully saturated rings. The normalized spacial score (nSPS) is 30.3. The molecule has 1 rings (SSSR count). The fourth-order valence-electron chi connectivity index (χ4n) is 3.16. The molecule has 126 valence electrons. The van der Waals surface area contributed by atoms with Crippen LogP contribution in [-0.4, -0.2) is 38.0 Å². The molecule has 4 unspecified atom stereocenters. The van der Waals surface area contributed by atoms with E-state index >= 15 is 0 Å². The van der Waals surface area contributed by atoms with Crippen molar-refractivity contribution in [2.45, 2.75) is 38.8 Å². The molecule has 0 radical (unpaired) electrons. The van der Waals surface area contributed by atoms with Gasteiger partial charge >= 0.3 is 15.2 Å². The average Bonchev–Trinajstić information content (AvgIpc) is 2.46. The highest BCUT2D eigenvalue weighted by atomic mass is 31.2. The van der Waals surface area contributed by atoms with E-state index in [4.69, 9.17) is 9.05 Å². The van der Waals surface area contributed by atoms with Gasteiger partial charge in [0.1, 0.15) is 0 Å². The van der Waals surface area contributed by atoms with Gasteiger partial charge in [0, 0.05) is 21.3 Å². The summed E-state index contributed by atoms with van der Waals surface area (Å²) in [5.41, 5.74) is -0.357. The molecule has 0 spiro atoms. The van der Waals surface area contributed by atoms with Crippen molar-refractivity contribution in [3.63, 3.8) is 0 Å². The van der Waals surface area contributed by atoms with Crippen LogP contribution < -0.4 is 0 Å². The van der Waals surface area contributed by atoms with Crippen LogP contribution in [0.4, 0.5) is 0 Å². The monoisotopic (exact) mass is 342 g/mol. The Kier molecular flexibility index (Phi) is 7.11. The van der Waals surface area contributed by atoms with Gasteiger partial charge in [0.05, 0.1) is 11.8 Å². The van der Waals surface area contributed by atoms with Crippen LogP contribution in [0, 0.1) is 17.8 Å². The minimum atomic E-state index is -3.65. The quantitative estimate of drug-likeness (QED) is 0.710. The van der Waals surface area contributed by atoms with Crippen molar-refractivity contribution >= 4 is 15.2 Å². The Balaban J connectivity index is 3.00. The molecule has 6 nitrogen and oxygen atoms in total. The van der Waals surface area contributed by atoms with Gasteiger partial charge in [0.15, 0.2) is 0 Å². The van der Waals surface area contributed by atoms with Crippen LogP contribution >= 0.6 is 15.2 Å². The third kappa shape index (κ3) is 4.89. The molecule has 21 heavy (non-hydrogen) atoms. The Labute approximate surface area is 127 Å². The maximum Gasteiger partial charge on any atom is 0.333 e. The van der Waals surface area contributed by atoms with Gasteiger partial charge in [-0.3, -0.25) is 9.13 Å². The van der Waals surface area contributed by atoms with Crippen LogP contribution in [0.15, 0.2) is 0 Å². The van der Waals surface area contributed by atoms with Gasteiger partial charge in [-0.25, -0.2) is 0 Å². The molecular formula is C13H28O6P2. The third-order valence-electron chi connectivity index (χ3n) is 4.61. The Hall–Kier alpha value is 0.300. The van der Waals surface area contributed by atoms with Gasteiger partial charge in [0.25, 0.3) is 0 Å². The lowest BCUT2D eigenvalue weighted by atomic mass is 9.77. The van der Waals surface area contributed by atoms with E-state index in [0.29, 0.717) is 18.3 Å². The lowest BCUT2D eigenvalue weighted by Gasteiger charge is -2.40. The van der Waals surface area contributed by atoms with Crippen molar-refractivity contribution in [3.05, 3.63) is 0 Å². The fraction of sp³-hybridized carbons (Fsp3) is 1.00. The highest BCUT2D eigenvalue weighted by Gasteiger charge is 2.46. The summed E-state index contributed by atoms with van der Waals surface area (Å²) in [5, 5.41) is 0. The molecule has 1 aliphatic rings. The Morgan fingerprint density at radius 1 is 1.10 bits per heavy atom. The highest BCUT2D eigenvalue weighted by molar-refractivity contribution is 7.55. The highest BCUT2D eigenvalue weighted by Crippen LogP contribution is 2.61. The third-order valence-corrected chi connectivity index (χ3v) is 8.57. The van der Waals surface area contributed by atoms with Gasteiger partial charge < -0.3 is 18.5 Å². The van der Waals surface area contributed by atoms with E-state index in [1.165, 1.54) is 21.3 Å². The molecule has 1 N–H and O–H groups in total. The average molecular weight is 342 g/mol. The summed E-state index contributed by atoms with van der Waals surface area (Å²) < 4.78 is 39.7. The largest absolute Gasteiger partial charge is 0.333 e. The predicted octanol–water partition coefficient (Wildman–Crippen LogP) is 3.75. The van der Waals surface area contributed by atoms with Crippen molar-refractivity contribution in [3.8, 4) is 0 Å². The molecule has 0 aromatic rings. The first-order valence-corrected chi connectivity index (χ1v) is 10.6. The van der Waals surface area contributed by atoms with E-state index in [1.807, 2.05) is 0 Å². The molecule has 0 heterocycles. The van der Waals surface area contributed by atoms with E-state index in [2.05, 4.69) is 18.4 Å².